The number of piperidine rings is 1. The van der Waals surface area contributed by atoms with E-state index in [-0.39, 0.29) is 17.7 Å². The van der Waals surface area contributed by atoms with E-state index >= 15 is 0 Å². The standard InChI is InChI=1S/C22H30ClN3O3/c23-19-7-5-17(6-8-19)21(27)26-9-1-3-18(15-26)22(28)25-12-10-24(11-13-25)16-20-4-2-14-29-20/h5-8,18,20H,1-4,9-16H2/t18-,20+/m0/s1. The Bertz CT molecular complexity index is 713. The van der Waals surface area contributed by atoms with Gasteiger partial charge in [-0.15, -0.1) is 0 Å². The summed E-state index contributed by atoms with van der Waals surface area (Å²) in [6.45, 7) is 6.44. The van der Waals surface area contributed by atoms with Gasteiger partial charge in [0.25, 0.3) is 5.91 Å². The van der Waals surface area contributed by atoms with Gasteiger partial charge in [-0.25, -0.2) is 0 Å². The van der Waals surface area contributed by atoms with Crippen molar-refractivity contribution in [3.05, 3.63) is 34.9 Å². The molecule has 0 bridgehead atoms. The van der Waals surface area contributed by atoms with Crippen molar-refractivity contribution in [3.63, 3.8) is 0 Å². The van der Waals surface area contributed by atoms with Gasteiger partial charge in [0.2, 0.25) is 5.91 Å². The van der Waals surface area contributed by atoms with Gasteiger partial charge >= 0.3 is 0 Å². The molecular weight excluding hydrogens is 390 g/mol. The second kappa shape index (κ2) is 9.45. The lowest BCUT2D eigenvalue weighted by atomic mass is 9.95. The SMILES string of the molecule is O=C(c1ccc(Cl)cc1)N1CCC[C@H](C(=O)N2CCN(C[C@H]3CCCO3)CC2)C1. The minimum Gasteiger partial charge on any atom is -0.377 e. The van der Waals surface area contributed by atoms with E-state index < -0.39 is 0 Å². The highest BCUT2D eigenvalue weighted by Gasteiger charge is 2.33. The number of amides is 2. The van der Waals surface area contributed by atoms with Gasteiger partial charge in [0.1, 0.15) is 0 Å². The predicted octanol–water partition coefficient (Wildman–Crippen LogP) is 2.52. The first-order valence-corrected chi connectivity index (χ1v) is 11.2. The summed E-state index contributed by atoms with van der Waals surface area (Å²) in [4.78, 5) is 32.1. The molecule has 7 heteroatoms. The summed E-state index contributed by atoms with van der Waals surface area (Å²) in [6.07, 6.45) is 4.41. The Balaban J connectivity index is 1.28. The molecule has 0 aromatic heterocycles. The van der Waals surface area contributed by atoms with Crippen molar-refractivity contribution in [2.75, 3.05) is 52.4 Å². The van der Waals surface area contributed by atoms with Crippen LogP contribution in [-0.4, -0.2) is 85.0 Å². The molecule has 4 rings (SSSR count). The lowest BCUT2D eigenvalue weighted by Crippen LogP contribution is -2.53. The Morgan fingerprint density at radius 1 is 0.966 bits per heavy atom. The van der Waals surface area contributed by atoms with Crippen LogP contribution in [0.2, 0.25) is 5.02 Å². The Kier molecular flexibility index (Phi) is 6.73. The zero-order valence-corrected chi connectivity index (χ0v) is 17.6. The maximum Gasteiger partial charge on any atom is 0.253 e. The van der Waals surface area contributed by atoms with Gasteiger partial charge in [0, 0.05) is 63.0 Å². The van der Waals surface area contributed by atoms with Crippen molar-refractivity contribution in [3.8, 4) is 0 Å². The Hall–Kier alpha value is -1.63. The number of likely N-dealkylation sites (tertiary alicyclic amines) is 1. The van der Waals surface area contributed by atoms with Gasteiger partial charge in [0.05, 0.1) is 12.0 Å². The lowest BCUT2D eigenvalue weighted by Gasteiger charge is -2.39. The highest BCUT2D eigenvalue weighted by molar-refractivity contribution is 6.30. The van der Waals surface area contributed by atoms with Crippen LogP contribution in [0.15, 0.2) is 24.3 Å². The monoisotopic (exact) mass is 419 g/mol. The molecule has 29 heavy (non-hydrogen) atoms. The summed E-state index contributed by atoms with van der Waals surface area (Å²) >= 11 is 5.92. The van der Waals surface area contributed by atoms with Gasteiger partial charge < -0.3 is 14.5 Å². The van der Waals surface area contributed by atoms with E-state index in [4.69, 9.17) is 16.3 Å². The fraction of sp³-hybridized carbons (Fsp3) is 0.636. The fourth-order valence-electron chi connectivity index (χ4n) is 4.62. The first-order valence-electron chi connectivity index (χ1n) is 10.8. The molecule has 0 aliphatic carbocycles. The first-order chi connectivity index (χ1) is 14.1. The molecule has 2 amide bonds. The molecule has 0 saturated carbocycles. The summed E-state index contributed by atoms with van der Waals surface area (Å²) in [5, 5.41) is 0.617. The number of ether oxygens (including phenoxy) is 1. The van der Waals surface area contributed by atoms with E-state index in [0.717, 1.165) is 65.0 Å². The summed E-state index contributed by atoms with van der Waals surface area (Å²) < 4.78 is 5.74. The van der Waals surface area contributed by atoms with Gasteiger partial charge in [-0.2, -0.15) is 0 Å². The van der Waals surface area contributed by atoms with Gasteiger partial charge in [-0.3, -0.25) is 14.5 Å². The normalized spacial score (nSPS) is 26.0. The zero-order valence-electron chi connectivity index (χ0n) is 16.9. The third-order valence-corrected chi connectivity index (χ3v) is 6.57. The van der Waals surface area contributed by atoms with Crippen molar-refractivity contribution < 1.29 is 14.3 Å². The second-order valence-electron chi connectivity index (χ2n) is 8.36. The third kappa shape index (κ3) is 5.11. The molecular formula is C22H30ClN3O3. The minimum absolute atomic E-state index is 0.0134. The van der Waals surface area contributed by atoms with E-state index in [0.29, 0.717) is 29.8 Å². The van der Waals surface area contributed by atoms with Crippen LogP contribution >= 0.6 is 11.6 Å². The number of carbonyl (C=O) groups excluding carboxylic acids is 2. The molecule has 1 aromatic carbocycles. The number of nitrogens with zero attached hydrogens (tertiary/aromatic N) is 3. The molecule has 3 fully saturated rings. The second-order valence-corrected chi connectivity index (χ2v) is 8.79. The number of rotatable bonds is 4. The van der Waals surface area contributed by atoms with Crippen LogP contribution in [0.1, 0.15) is 36.0 Å². The lowest BCUT2D eigenvalue weighted by molar-refractivity contribution is -0.138. The topological polar surface area (TPSA) is 53.1 Å². The van der Waals surface area contributed by atoms with Crippen LogP contribution in [0.25, 0.3) is 0 Å². The van der Waals surface area contributed by atoms with Crippen molar-refractivity contribution in [1.82, 2.24) is 14.7 Å². The Labute approximate surface area is 177 Å². The molecule has 3 heterocycles. The number of carbonyl (C=O) groups is 2. The highest BCUT2D eigenvalue weighted by atomic mass is 35.5. The molecule has 158 valence electrons. The average molecular weight is 420 g/mol. The molecule has 3 aliphatic rings. The highest BCUT2D eigenvalue weighted by Crippen LogP contribution is 2.22. The summed E-state index contributed by atoms with van der Waals surface area (Å²) in [6, 6.07) is 6.97. The van der Waals surface area contributed by atoms with Crippen molar-refractivity contribution in [2.24, 2.45) is 5.92 Å². The molecule has 0 unspecified atom stereocenters. The van der Waals surface area contributed by atoms with Crippen LogP contribution in [0.4, 0.5) is 0 Å². The van der Waals surface area contributed by atoms with Crippen LogP contribution < -0.4 is 0 Å². The van der Waals surface area contributed by atoms with Gasteiger partial charge in [0.15, 0.2) is 0 Å². The Morgan fingerprint density at radius 2 is 1.72 bits per heavy atom. The quantitative estimate of drug-likeness (QED) is 0.752. The van der Waals surface area contributed by atoms with Crippen LogP contribution in [0.5, 0.6) is 0 Å². The molecule has 2 atom stereocenters. The van der Waals surface area contributed by atoms with E-state index in [1.807, 2.05) is 9.80 Å². The molecule has 6 nitrogen and oxygen atoms in total. The van der Waals surface area contributed by atoms with Gasteiger partial charge in [-0.1, -0.05) is 11.6 Å². The number of hydrogen-bond acceptors (Lipinski definition) is 4. The molecule has 3 saturated heterocycles. The van der Waals surface area contributed by atoms with Crippen molar-refractivity contribution in [2.45, 2.75) is 31.8 Å². The average Bonchev–Trinajstić information content (AvgIpc) is 3.27. The summed E-state index contributed by atoms with van der Waals surface area (Å²) in [5.41, 5.74) is 0.630. The largest absolute Gasteiger partial charge is 0.377 e. The zero-order chi connectivity index (χ0) is 20.2. The minimum atomic E-state index is -0.0929. The van der Waals surface area contributed by atoms with Crippen LogP contribution in [0.3, 0.4) is 0 Å². The first kappa shape index (κ1) is 20.6. The van der Waals surface area contributed by atoms with Crippen LogP contribution in [-0.2, 0) is 9.53 Å². The van der Waals surface area contributed by atoms with E-state index in [1.54, 1.807) is 24.3 Å². The molecule has 3 aliphatic heterocycles. The number of hydrogen-bond donors (Lipinski definition) is 0. The predicted molar refractivity (Wildman–Crippen MR) is 112 cm³/mol. The van der Waals surface area contributed by atoms with E-state index in [1.165, 1.54) is 0 Å². The molecule has 0 N–H and O–H groups in total. The molecule has 0 spiro atoms. The molecule has 0 radical (unpaired) electrons. The number of benzene rings is 1. The third-order valence-electron chi connectivity index (χ3n) is 6.32. The fourth-order valence-corrected chi connectivity index (χ4v) is 4.75. The van der Waals surface area contributed by atoms with Crippen molar-refractivity contribution in [1.29, 1.82) is 0 Å². The van der Waals surface area contributed by atoms with E-state index in [2.05, 4.69) is 4.90 Å². The van der Waals surface area contributed by atoms with Gasteiger partial charge in [-0.05, 0) is 49.9 Å². The number of halogens is 1. The van der Waals surface area contributed by atoms with Crippen LogP contribution in [0, 0.1) is 5.92 Å². The maximum atomic E-state index is 13.1. The number of piperazine rings is 1. The maximum absolute atomic E-state index is 13.1. The smallest absolute Gasteiger partial charge is 0.253 e. The summed E-state index contributed by atoms with van der Waals surface area (Å²) in [5.74, 6) is 0.0978. The van der Waals surface area contributed by atoms with E-state index in [9.17, 15) is 9.59 Å². The summed E-state index contributed by atoms with van der Waals surface area (Å²) in [7, 11) is 0. The molecule has 1 aromatic rings. The Morgan fingerprint density at radius 3 is 2.41 bits per heavy atom. The van der Waals surface area contributed by atoms with Crippen molar-refractivity contribution >= 4 is 23.4 Å².